The van der Waals surface area contributed by atoms with Gasteiger partial charge in [-0.3, -0.25) is 0 Å². The molecule has 1 N–H and O–H groups in total. The molecule has 4 nitrogen and oxygen atoms in total. The highest BCUT2D eigenvalue weighted by atomic mass is 16.4. The lowest BCUT2D eigenvalue weighted by atomic mass is 9.77. The van der Waals surface area contributed by atoms with Crippen LogP contribution < -0.4 is 0 Å². The first kappa shape index (κ1) is 11.8. The number of carbonyl (C=O) groups is 1. The minimum atomic E-state index is -0.961. The largest absolute Gasteiger partial charge is 0.478 e. The highest BCUT2D eigenvalue weighted by Gasteiger charge is 2.29. The fourth-order valence-corrected chi connectivity index (χ4v) is 2.54. The molecule has 1 unspecified atom stereocenters. The zero-order valence-corrected chi connectivity index (χ0v) is 10.6. The van der Waals surface area contributed by atoms with Crippen LogP contribution in [0.15, 0.2) is 30.5 Å². The van der Waals surface area contributed by atoms with Crippen molar-refractivity contribution in [2.45, 2.75) is 25.7 Å². The van der Waals surface area contributed by atoms with E-state index < -0.39 is 5.97 Å². The van der Waals surface area contributed by atoms with Crippen LogP contribution in [0.4, 0.5) is 0 Å². The van der Waals surface area contributed by atoms with E-state index in [1.54, 1.807) is 0 Å². The minimum Gasteiger partial charge on any atom is -0.478 e. The molecule has 1 aromatic carbocycles. The van der Waals surface area contributed by atoms with Crippen LogP contribution >= 0.6 is 0 Å². The van der Waals surface area contributed by atoms with Crippen LogP contribution in [0.5, 0.6) is 0 Å². The smallest absolute Gasteiger partial charge is 0.339 e. The van der Waals surface area contributed by atoms with E-state index >= 15 is 0 Å². The quantitative estimate of drug-likeness (QED) is 0.913. The molecule has 4 heteroatoms. The number of aromatic carboxylic acids is 1. The lowest BCUT2D eigenvalue weighted by molar-refractivity contribution is 0.0694. The Bertz CT molecular complexity index is 652. The molecule has 0 spiro atoms. The Morgan fingerprint density at radius 2 is 2.21 bits per heavy atom. The van der Waals surface area contributed by atoms with Gasteiger partial charge in [0.1, 0.15) is 5.82 Å². The zero-order chi connectivity index (χ0) is 13.4. The number of carboxylic acid groups (broad SMARTS) is 1. The van der Waals surface area contributed by atoms with Gasteiger partial charge >= 0.3 is 5.97 Å². The maximum atomic E-state index is 11.1. The van der Waals surface area contributed by atoms with Gasteiger partial charge in [0, 0.05) is 12.1 Å². The second-order valence-corrected chi connectivity index (χ2v) is 4.70. The van der Waals surface area contributed by atoms with Crippen molar-refractivity contribution in [1.29, 1.82) is 0 Å². The molecule has 1 atom stereocenters. The Balaban J connectivity index is 1.98. The molecule has 0 aliphatic heterocycles. The van der Waals surface area contributed by atoms with E-state index in [0.29, 0.717) is 12.1 Å². The van der Waals surface area contributed by atoms with Gasteiger partial charge in [0.05, 0.1) is 11.3 Å². The van der Waals surface area contributed by atoms with Gasteiger partial charge in [-0.05, 0) is 24.0 Å². The summed E-state index contributed by atoms with van der Waals surface area (Å²) in [6.45, 7) is 1.91. The van der Waals surface area contributed by atoms with Crippen molar-refractivity contribution in [3.05, 3.63) is 58.7 Å². The Morgan fingerprint density at radius 3 is 2.89 bits per heavy atom. The number of aryl methyl sites for hydroxylation is 1. The molecule has 1 aromatic heterocycles. The van der Waals surface area contributed by atoms with Crippen molar-refractivity contribution in [3.63, 3.8) is 0 Å². The molecular formula is C15H14N2O2. The first-order valence-corrected chi connectivity index (χ1v) is 6.37. The summed E-state index contributed by atoms with van der Waals surface area (Å²) >= 11 is 0. The predicted octanol–water partition coefficient (Wildman–Crippen LogP) is 2.43. The number of rotatable bonds is 3. The average Bonchev–Trinajstić information content (AvgIpc) is 2.39. The summed E-state index contributed by atoms with van der Waals surface area (Å²) in [4.78, 5) is 19.7. The van der Waals surface area contributed by atoms with Crippen molar-refractivity contribution in [2.75, 3.05) is 0 Å². The van der Waals surface area contributed by atoms with Gasteiger partial charge in [0.15, 0.2) is 0 Å². The SMILES string of the molecule is CCc1nc(C2Cc3ccccc32)ncc1C(=O)O. The standard InChI is InChI=1S/C15H14N2O2/c1-2-13-12(15(18)19)8-16-14(17-13)11-7-9-5-3-4-6-10(9)11/h3-6,8,11H,2,7H2,1H3,(H,18,19). The highest BCUT2D eigenvalue weighted by Crippen LogP contribution is 2.38. The number of nitrogens with zero attached hydrogens (tertiary/aromatic N) is 2. The molecule has 1 aliphatic carbocycles. The summed E-state index contributed by atoms with van der Waals surface area (Å²) in [5.74, 6) is -0.0118. The van der Waals surface area contributed by atoms with Crippen LogP contribution in [-0.4, -0.2) is 21.0 Å². The third kappa shape index (κ3) is 1.89. The number of aromatic nitrogens is 2. The molecule has 1 heterocycles. The molecule has 2 aromatic rings. The molecule has 1 aliphatic rings. The topological polar surface area (TPSA) is 63.1 Å². The number of fused-ring (bicyclic) bond motifs is 1. The second-order valence-electron chi connectivity index (χ2n) is 4.70. The zero-order valence-electron chi connectivity index (χ0n) is 10.6. The van der Waals surface area contributed by atoms with Gasteiger partial charge in [0.2, 0.25) is 0 Å². The molecule has 0 amide bonds. The molecule has 0 saturated carbocycles. The van der Waals surface area contributed by atoms with E-state index in [4.69, 9.17) is 5.11 Å². The van der Waals surface area contributed by atoms with E-state index in [1.165, 1.54) is 17.3 Å². The minimum absolute atomic E-state index is 0.207. The maximum Gasteiger partial charge on any atom is 0.339 e. The second kappa shape index (κ2) is 4.46. The van der Waals surface area contributed by atoms with Crippen molar-refractivity contribution >= 4 is 5.97 Å². The van der Waals surface area contributed by atoms with Crippen LogP contribution in [0, 0.1) is 0 Å². The van der Waals surface area contributed by atoms with E-state index in [9.17, 15) is 4.79 Å². The molecule has 0 bridgehead atoms. The predicted molar refractivity (Wildman–Crippen MR) is 70.4 cm³/mol. The molecule has 0 saturated heterocycles. The highest BCUT2D eigenvalue weighted by molar-refractivity contribution is 5.88. The molecule has 3 rings (SSSR count). The molecule has 0 radical (unpaired) electrons. The van der Waals surface area contributed by atoms with Crippen molar-refractivity contribution in [3.8, 4) is 0 Å². The lowest BCUT2D eigenvalue weighted by Crippen LogP contribution is -2.21. The number of carboxylic acids is 1. The normalized spacial score (nSPS) is 16.6. The van der Waals surface area contributed by atoms with E-state index in [1.807, 2.05) is 19.1 Å². The third-order valence-electron chi connectivity index (χ3n) is 3.62. The Kier molecular flexibility index (Phi) is 2.78. The Hall–Kier alpha value is -2.23. The maximum absolute atomic E-state index is 11.1. The summed E-state index contributed by atoms with van der Waals surface area (Å²) in [6, 6.07) is 8.24. The summed E-state index contributed by atoms with van der Waals surface area (Å²) in [7, 11) is 0. The molecular weight excluding hydrogens is 240 g/mol. The van der Waals surface area contributed by atoms with Crippen LogP contribution in [-0.2, 0) is 12.8 Å². The summed E-state index contributed by atoms with van der Waals surface area (Å²) in [6.07, 6.45) is 2.97. The van der Waals surface area contributed by atoms with E-state index in [0.717, 1.165) is 12.2 Å². The molecule has 19 heavy (non-hydrogen) atoms. The van der Waals surface area contributed by atoms with E-state index in [-0.39, 0.29) is 11.5 Å². The number of benzene rings is 1. The first-order chi connectivity index (χ1) is 9.20. The third-order valence-corrected chi connectivity index (χ3v) is 3.62. The average molecular weight is 254 g/mol. The fourth-order valence-electron chi connectivity index (χ4n) is 2.54. The number of hydrogen-bond acceptors (Lipinski definition) is 3. The fraction of sp³-hybridized carbons (Fsp3) is 0.267. The summed E-state index contributed by atoms with van der Waals surface area (Å²) < 4.78 is 0. The van der Waals surface area contributed by atoms with Gasteiger partial charge in [-0.15, -0.1) is 0 Å². The summed E-state index contributed by atoms with van der Waals surface area (Å²) in [5.41, 5.74) is 3.41. The van der Waals surface area contributed by atoms with Gasteiger partial charge in [-0.1, -0.05) is 31.2 Å². The first-order valence-electron chi connectivity index (χ1n) is 6.37. The van der Waals surface area contributed by atoms with Crippen LogP contribution in [0.25, 0.3) is 0 Å². The molecule has 96 valence electrons. The monoisotopic (exact) mass is 254 g/mol. The Labute approximate surface area is 111 Å². The van der Waals surface area contributed by atoms with Crippen LogP contribution in [0.2, 0.25) is 0 Å². The van der Waals surface area contributed by atoms with Crippen molar-refractivity contribution < 1.29 is 9.90 Å². The lowest BCUT2D eigenvalue weighted by Gasteiger charge is -2.29. The molecule has 0 fully saturated rings. The van der Waals surface area contributed by atoms with Gasteiger partial charge in [-0.25, -0.2) is 14.8 Å². The van der Waals surface area contributed by atoms with Crippen LogP contribution in [0.1, 0.15) is 45.8 Å². The van der Waals surface area contributed by atoms with Gasteiger partial charge in [-0.2, -0.15) is 0 Å². The number of hydrogen-bond donors (Lipinski definition) is 1. The Morgan fingerprint density at radius 1 is 1.42 bits per heavy atom. The van der Waals surface area contributed by atoms with Crippen LogP contribution in [0.3, 0.4) is 0 Å². The van der Waals surface area contributed by atoms with Crippen molar-refractivity contribution in [1.82, 2.24) is 9.97 Å². The van der Waals surface area contributed by atoms with Crippen molar-refractivity contribution in [2.24, 2.45) is 0 Å². The van der Waals surface area contributed by atoms with Gasteiger partial charge < -0.3 is 5.11 Å². The van der Waals surface area contributed by atoms with Gasteiger partial charge in [0.25, 0.3) is 0 Å². The summed E-state index contributed by atoms with van der Waals surface area (Å²) in [5, 5.41) is 9.08. The van der Waals surface area contributed by atoms with E-state index in [2.05, 4.69) is 22.1 Å².